The molecule has 0 amide bonds. The van der Waals surface area contributed by atoms with Gasteiger partial charge in [-0.1, -0.05) is 19.1 Å². The first-order chi connectivity index (χ1) is 14.7. The number of nitrogens with one attached hydrogen (secondary N) is 2. The summed E-state index contributed by atoms with van der Waals surface area (Å²) < 4.78 is 11.8. The van der Waals surface area contributed by atoms with Crippen LogP contribution in [0.2, 0.25) is 0 Å². The van der Waals surface area contributed by atoms with Crippen molar-refractivity contribution in [3.05, 3.63) is 29.3 Å². The van der Waals surface area contributed by atoms with E-state index in [1.165, 1.54) is 31.5 Å². The number of hydrogen-bond acceptors (Lipinski definition) is 4. The smallest absolute Gasteiger partial charge is 0.191 e. The van der Waals surface area contributed by atoms with Gasteiger partial charge in [-0.15, -0.1) is 0 Å². The molecule has 2 heterocycles. The second kappa shape index (κ2) is 12.2. The molecular formula is C24H40N4O2. The summed E-state index contributed by atoms with van der Waals surface area (Å²) in [5, 5.41) is 6.95. The van der Waals surface area contributed by atoms with Crippen LogP contribution in [0, 0.1) is 12.8 Å². The molecule has 2 aliphatic heterocycles. The van der Waals surface area contributed by atoms with Crippen molar-refractivity contribution >= 4 is 5.96 Å². The predicted octanol–water partition coefficient (Wildman–Crippen LogP) is 3.34. The maximum Gasteiger partial charge on any atom is 0.191 e. The number of ether oxygens (including phenoxy) is 2. The Kier molecular flexibility index (Phi) is 9.27. The largest absolute Gasteiger partial charge is 0.491 e. The van der Waals surface area contributed by atoms with Crippen LogP contribution < -0.4 is 15.4 Å². The summed E-state index contributed by atoms with van der Waals surface area (Å²) in [5.74, 6) is 2.50. The molecule has 0 aliphatic carbocycles. The highest BCUT2D eigenvalue weighted by Gasteiger charge is 2.19. The standard InChI is InChI=1S/C24H40N4O2/c1-4-25-24(26-15-20-8-6-12-28(5-2)17-20)27-16-21-11-10-19(3)14-23(21)30-18-22-9-7-13-29-22/h10-11,14,20,22H,4-9,12-13,15-18H2,1-3H3,(H2,25,26,27). The molecule has 3 rings (SSSR count). The van der Waals surface area contributed by atoms with Crippen molar-refractivity contribution in [2.45, 2.75) is 59.1 Å². The van der Waals surface area contributed by atoms with E-state index in [0.29, 0.717) is 19.1 Å². The van der Waals surface area contributed by atoms with E-state index in [1.807, 2.05) is 0 Å². The first kappa shape index (κ1) is 22.9. The molecule has 0 saturated carbocycles. The first-order valence-electron chi connectivity index (χ1n) is 11.8. The van der Waals surface area contributed by atoms with Crippen LogP contribution >= 0.6 is 0 Å². The molecular weight excluding hydrogens is 376 g/mol. The molecule has 2 fully saturated rings. The van der Waals surface area contributed by atoms with Gasteiger partial charge in [0.05, 0.1) is 12.6 Å². The van der Waals surface area contributed by atoms with Gasteiger partial charge in [0.2, 0.25) is 0 Å². The Morgan fingerprint density at radius 1 is 1.23 bits per heavy atom. The maximum absolute atomic E-state index is 6.13. The summed E-state index contributed by atoms with van der Waals surface area (Å²) >= 11 is 0. The Morgan fingerprint density at radius 3 is 2.90 bits per heavy atom. The van der Waals surface area contributed by atoms with Gasteiger partial charge in [0.25, 0.3) is 0 Å². The van der Waals surface area contributed by atoms with Gasteiger partial charge in [0, 0.05) is 31.8 Å². The van der Waals surface area contributed by atoms with Crippen molar-refractivity contribution in [2.75, 3.05) is 45.9 Å². The molecule has 2 saturated heterocycles. The molecule has 0 bridgehead atoms. The number of aryl methyl sites for hydroxylation is 1. The fourth-order valence-electron chi connectivity index (χ4n) is 4.24. The Morgan fingerprint density at radius 2 is 2.13 bits per heavy atom. The maximum atomic E-state index is 6.13. The van der Waals surface area contributed by atoms with E-state index in [9.17, 15) is 0 Å². The average molecular weight is 417 g/mol. The second-order valence-electron chi connectivity index (χ2n) is 8.53. The quantitative estimate of drug-likeness (QED) is 0.478. The van der Waals surface area contributed by atoms with Crippen LogP contribution in [-0.4, -0.2) is 62.9 Å². The molecule has 0 spiro atoms. The summed E-state index contributed by atoms with van der Waals surface area (Å²) in [7, 11) is 0. The molecule has 2 aliphatic rings. The van der Waals surface area contributed by atoms with Crippen LogP contribution in [0.5, 0.6) is 5.75 Å². The van der Waals surface area contributed by atoms with E-state index >= 15 is 0 Å². The Bertz CT molecular complexity index is 673. The molecule has 2 atom stereocenters. The Labute approximate surface area is 182 Å². The zero-order valence-corrected chi connectivity index (χ0v) is 19.1. The highest BCUT2D eigenvalue weighted by molar-refractivity contribution is 5.79. The minimum Gasteiger partial charge on any atom is -0.491 e. The molecule has 0 radical (unpaired) electrons. The van der Waals surface area contributed by atoms with E-state index in [2.05, 4.69) is 54.5 Å². The van der Waals surface area contributed by atoms with Crippen molar-refractivity contribution in [1.82, 2.24) is 15.5 Å². The zero-order valence-electron chi connectivity index (χ0n) is 19.1. The molecule has 2 N–H and O–H groups in total. The number of benzene rings is 1. The van der Waals surface area contributed by atoms with Gasteiger partial charge >= 0.3 is 0 Å². The van der Waals surface area contributed by atoms with Crippen molar-refractivity contribution in [3.8, 4) is 5.75 Å². The van der Waals surface area contributed by atoms with Crippen LogP contribution in [0.25, 0.3) is 0 Å². The highest BCUT2D eigenvalue weighted by atomic mass is 16.5. The number of likely N-dealkylation sites (tertiary alicyclic amines) is 1. The summed E-state index contributed by atoms with van der Waals surface area (Å²) in [5.41, 5.74) is 2.32. The fraction of sp³-hybridized carbons (Fsp3) is 0.708. The number of hydrogen-bond donors (Lipinski definition) is 2. The summed E-state index contributed by atoms with van der Waals surface area (Å²) in [6.07, 6.45) is 5.03. The van der Waals surface area contributed by atoms with Gasteiger partial charge in [0.15, 0.2) is 5.96 Å². The molecule has 1 aromatic rings. The minimum atomic E-state index is 0.221. The van der Waals surface area contributed by atoms with Gasteiger partial charge in [-0.3, -0.25) is 0 Å². The number of nitrogens with zero attached hydrogens (tertiary/aromatic N) is 2. The van der Waals surface area contributed by atoms with E-state index in [1.54, 1.807) is 0 Å². The van der Waals surface area contributed by atoms with Crippen LogP contribution in [0.4, 0.5) is 0 Å². The number of rotatable bonds is 9. The average Bonchev–Trinajstić information content (AvgIpc) is 3.29. The number of aliphatic imine (C=N–C) groups is 1. The molecule has 30 heavy (non-hydrogen) atoms. The Balaban J connectivity index is 1.57. The predicted molar refractivity (Wildman–Crippen MR) is 123 cm³/mol. The van der Waals surface area contributed by atoms with Gasteiger partial charge in [0.1, 0.15) is 12.4 Å². The zero-order chi connectivity index (χ0) is 21.2. The van der Waals surface area contributed by atoms with Crippen LogP contribution in [-0.2, 0) is 11.3 Å². The van der Waals surface area contributed by atoms with Crippen LogP contribution in [0.15, 0.2) is 23.2 Å². The number of piperidine rings is 1. The van der Waals surface area contributed by atoms with Gasteiger partial charge < -0.3 is 25.0 Å². The third-order valence-corrected chi connectivity index (χ3v) is 6.03. The molecule has 0 aromatic heterocycles. The summed E-state index contributed by atoms with van der Waals surface area (Å²) in [6.45, 7) is 13.9. The van der Waals surface area contributed by atoms with Gasteiger partial charge in [-0.25, -0.2) is 4.99 Å². The molecule has 2 unspecified atom stereocenters. The van der Waals surface area contributed by atoms with E-state index < -0.39 is 0 Å². The summed E-state index contributed by atoms with van der Waals surface area (Å²) in [6, 6.07) is 6.38. The lowest BCUT2D eigenvalue weighted by molar-refractivity contribution is 0.0676. The third kappa shape index (κ3) is 7.17. The summed E-state index contributed by atoms with van der Waals surface area (Å²) in [4.78, 5) is 7.39. The topological polar surface area (TPSA) is 58.1 Å². The lowest BCUT2D eigenvalue weighted by atomic mass is 9.98. The van der Waals surface area contributed by atoms with Crippen molar-refractivity contribution in [1.29, 1.82) is 0 Å². The van der Waals surface area contributed by atoms with Gasteiger partial charge in [-0.2, -0.15) is 0 Å². The Hall–Kier alpha value is -1.79. The lowest BCUT2D eigenvalue weighted by Gasteiger charge is -2.32. The van der Waals surface area contributed by atoms with Crippen LogP contribution in [0.3, 0.4) is 0 Å². The molecule has 168 valence electrons. The lowest BCUT2D eigenvalue weighted by Crippen LogP contribution is -2.44. The van der Waals surface area contributed by atoms with Crippen LogP contribution in [0.1, 0.15) is 50.7 Å². The van der Waals surface area contributed by atoms with Gasteiger partial charge in [-0.05, 0) is 70.2 Å². The monoisotopic (exact) mass is 416 g/mol. The normalized spacial score (nSPS) is 22.8. The highest BCUT2D eigenvalue weighted by Crippen LogP contribution is 2.23. The second-order valence-corrected chi connectivity index (χ2v) is 8.53. The van der Waals surface area contributed by atoms with Crippen molar-refractivity contribution < 1.29 is 9.47 Å². The molecule has 1 aromatic carbocycles. The SMILES string of the molecule is CCNC(=NCc1ccc(C)cc1OCC1CCCO1)NCC1CCCN(CC)C1. The van der Waals surface area contributed by atoms with E-state index in [0.717, 1.165) is 56.4 Å². The van der Waals surface area contributed by atoms with E-state index in [-0.39, 0.29) is 6.10 Å². The molecule has 6 heteroatoms. The third-order valence-electron chi connectivity index (χ3n) is 6.03. The van der Waals surface area contributed by atoms with Crippen molar-refractivity contribution in [2.24, 2.45) is 10.9 Å². The fourth-order valence-corrected chi connectivity index (χ4v) is 4.24. The number of guanidine groups is 1. The molecule has 6 nitrogen and oxygen atoms in total. The van der Waals surface area contributed by atoms with E-state index in [4.69, 9.17) is 14.5 Å². The first-order valence-corrected chi connectivity index (χ1v) is 11.8. The van der Waals surface area contributed by atoms with Crippen molar-refractivity contribution in [3.63, 3.8) is 0 Å². The minimum absolute atomic E-state index is 0.221.